The molecule has 0 spiro atoms. The van der Waals surface area contributed by atoms with Crippen molar-refractivity contribution in [1.82, 2.24) is 9.97 Å². The molecule has 5 aromatic rings. The van der Waals surface area contributed by atoms with Gasteiger partial charge in [0.2, 0.25) is 5.88 Å². The van der Waals surface area contributed by atoms with E-state index in [4.69, 9.17) is 4.74 Å². The Morgan fingerprint density at radius 3 is 2.29 bits per heavy atom. The quantitative estimate of drug-likeness (QED) is 0.233. The molecule has 188 valence electrons. The van der Waals surface area contributed by atoms with Crippen LogP contribution in [0.15, 0.2) is 103 Å². The fourth-order valence-electron chi connectivity index (χ4n) is 5.03. The predicted octanol–water partition coefficient (Wildman–Crippen LogP) is 7.16. The maximum atomic E-state index is 15.2. The van der Waals surface area contributed by atoms with Crippen molar-refractivity contribution in [2.75, 3.05) is 0 Å². The molecule has 38 heavy (non-hydrogen) atoms. The molecule has 0 radical (unpaired) electrons. The molecular weight excluding hydrogens is 487 g/mol. The molecule has 0 N–H and O–H groups in total. The second kappa shape index (κ2) is 9.08. The minimum Gasteiger partial charge on any atom is -0.439 e. The zero-order chi connectivity index (χ0) is 26.5. The highest BCUT2D eigenvalue weighted by Crippen LogP contribution is 2.52. The van der Waals surface area contributed by atoms with Gasteiger partial charge >= 0.3 is 0 Å². The van der Waals surface area contributed by atoms with Crippen LogP contribution in [0.2, 0.25) is 0 Å². The van der Waals surface area contributed by atoms with Crippen LogP contribution in [-0.2, 0) is 9.98 Å². The monoisotopic (exact) mass is 516 g/mol. The van der Waals surface area contributed by atoms with Crippen molar-refractivity contribution in [1.29, 1.82) is 0 Å². The molecule has 0 saturated carbocycles. The summed E-state index contributed by atoms with van der Waals surface area (Å²) in [5, 5.41) is 1.69. The molecular formula is C33H29N2O2P. The lowest BCUT2D eigenvalue weighted by atomic mass is 9.88. The van der Waals surface area contributed by atoms with Crippen LogP contribution in [0.1, 0.15) is 31.9 Å². The van der Waals surface area contributed by atoms with Gasteiger partial charge < -0.3 is 9.30 Å². The fraction of sp³-hybridized carbons (Fsp3) is 0.152. The summed E-state index contributed by atoms with van der Waals surface area (Å²) in [5.74, 6) is 1.26. The van der Waals surface area contributed by atoms with E-state index in [0.29, 0.717) is 17.1 Å². The molecule has 4 nitrogen and oxygen atoms in total. The first kappa shape index (κ1) is 24.3. The van der Waals surface area contributed by atoms with E-state index < -0.39 is 7.14 Å². The molecule has 3 aromatic carbocycles. The van der Waals surface area contributed by atoms with Crippen molar-refractivity contribution in [3.63, 3.8) is 0 Å². The van der Waals surface area contributed by atoms with Gasteiger partial charge in [0.05, 0.1) is 0 Å². The van der Waals surface area contributed by atoms with Crippen LogP contribution in [0.25, 0.3) is 22.3 Å². The van der Waals surface area contributed by atoms with Crippen molar-refractivity contribution in [2.24, 2.45) is 0 Å². The number of rotatable bonds is 4. The summed E-state index contributed by atoms with van der Waals surface area (Å²) in [6.07, 6.45) is 3.53. The van der Waals surface area contributed by atoms with E-state index in [2.05, 4.69) is 55.0 Å². The highest BCUT2D eigenvalue weighted by Gasteiger charge is 2.41. The number of ether oxygens (including phenoxy) is 1. The van der Waals surface area contributed by atoms with Gasteiger partial charge in [-0.2, -0.15) is 0 Å². The molecule has 0 bridgehead atoms. The lowest BCUT2D eigenvalue weighted by Crippen LogP contribution is -2.25. The minimum absolute atomic E-state index is 0.0760. The summed E-state index contributed by atoms with van der Waals surface area (Å²) in [6.45, 7) is 8.51. The Hall–Kier alpha value is -4.01. The largest absolute Gasteiger partial charge is 0.439 e. The molecule has 1 atom stereocenters. The molecule has 2 aromatic heterocycles. The average Bonchev–Trinajstić information content (AvgIpc) is 3.17. The minimum atomic E-state index is -3.17. The molecule has 0 saturated heterocycles. The predicted molar refractivity (Wildman–Crippen MR) is 156 cm³/mol. The molecule has 0 aliphatic carbocycles. The molecule has 3 heterocycles. The van der Waals surface area contributed by atoms with Gasteiger partial charge in [-0.3, -0.25) is 4.98 Å². The topological polar surface area (TPSA) is 52.1 Å². The maximum absolute atomic E-state index is 15.2. The highest BCUT2D eigenvalue weighted by molar-refractivity contribution is 7.86. The standard InChI is InChI=1S/C33H29N2O2P/c1-22-14-16-34-31(18-22)37-26-9-7-8-23(19-26)24-12-13-28-27-10-5-6-11-29(27)38(36,30(28)20-24)32-21-25(15-17-35-32)33(2,3)4/h5-21H,1-4H3. The van der Waals surface area contributed by atoms with Crippen molar-refractivity contribution in [2.45, 2.75) is 33.1 Å². The van der Waals surface area contributed by atoms with Crippen LogP contribution in [0.5, 0.6) is 11.6 Å². The van der Waals surface area contributed by atoms with E-state index in [0.717, 1.165) is 44.0 Å². The summed E-state index contributed by atoms with van der Waals surface area (Å²) in [7, 11) is -3.17. The first-order chi connectivity index (χ1) is 18.2. The van der Waals surface area contributed by atoms with Gasteiger partial charge in [-0.15, -0.1) is 0 Å². The van der Waals surface area contributed by atoms with Gasteiger partial charge in [0.15, 0.2) is 7.14 Å². The SMILES string of the molecule is Cc1ccnc(Oc2cccc(-c3ccc4c(c3)P(=O)(c3cc(C(C)(C)C)ccn3)c3ccccc3-4)c2)c1. The van der Waals surface area contributed by atoms with Crippen molar-refractivity contribution >= 4 is 23.2 Å². The first-order valence-electron chi connectivity index (χ1n) is 12.8. The molecule has 0 amide bonds. The van der Waals surface area contributed by atoms with Gasteiger partial charge in [-0.05, 0) is 82.1 Å². The zero-order valence-corrected chi connectivity index (χ0v) is 22.9. The van der Waals surface area contributed by atoms with E-state index in [1.54, 1.807) is 12.4 Å². The van der Waals surface area contributed by atoms with Gasteiger partial charge in [-0.25, -0.2) is 4.98 Å². The van der Waals surface area contributed by atoms with Gasteiger partial charge in [0, 0.05) is 29.1 Å². The van der Waals surface area contributed by atoms with E-state index >= 15 is 4.57 Å². The molecule has 6 rings (SSSR count). The van der Waals surface area contributed by atoms with Crippen LogP contribution in [0.3, 0.4) is 0 Å². The van der Waals surface area contributed by atoms with Crippen LogP contribution in [-0.4, -0.2) is 9.97 Å². The number of aromatic nitrogens is 2. The summed E-state index contributed by atoms with van der Waals surface area (Å²) in [4.78, 5) is 9.00. The number of hydrogen-bond donors (Lipinski definition) is 0. The molecule has 0 fully saturated rings. The van der Waals surface area contributed by atoms with Gasteiger partial charge in [0.25, 0.3) is 0 Å². The summed E-state index contributed by atoms with van der Waals surface area (Å²) >= 11 is 0. The normalized spacial score (nSPS) is 16.1. The Balaban J connectivity index is 1.47. The number of fused-ring (bicyclic) bond motifs is 3. The highest BCUT2D eigenvalue weighted by atomic mass is 31.2. The Morgan fingerprint density at radius 2 is 1.47 bits per heavy atom. The lowest BCUT2D eigenvalue weighted by Gasteiger charge is -2.22. The average molecular weight is 517 g/mol. The van der Waals surface area contributed by atoms with Gasteiger partial charge in [-0.1, -0.05) is 69.3 Å². The second-order valence-electron chi connectivity index (χ2n) is 10.8. The Morgan fingerprint density at radius 1 is 0.711 bits per heavy atom. The van der Waals surface area contributed by atoms with Crippen LogP contribution < -0.4 is 20.8 Å². The maximum Gasteiger partial charge on any atom is 0.219 e. The summed E-state index contributed by atoms with van der Waals surface area (Å²) in [6, 6.07) is 30.1. The third kappa shape index (κ3) is 4.15. The lowest BCUT2D eigenvalue weighted by molar-refractivity contribution is 0.462. The Bertz CT molecular complexity index is 1740. The summed E-state index contributed by atoms with van der Waals surface area (Å²) in [5.41, 5.74) is 6.75. The molecule has 1 aliphatic heterocycles. The molecule has 1 aliphatic rings. The van der Waals surface area contributed by atoms with E-state index in [1.165, 1.54) is 0 Å². The third-order valence-electron chi connectivity index (χ3n) is 7.08. The fourth-order valence-corrected chi connectivity index (χ4v) is 8.02. The number of nitrogens with zero attached hydrogens (tertiary/aromatic N) is 2. The molecule has 1 unspecified atom stereocenters. The van der Waals surface area contributed by atoms with E-state index in [-0.39, 0.29) is 5.41 Å². The van der Waals surface area contributed by atoms with Crippen molar-refractivity contribution in [3.8, 4) is 33.9 Å². The second-order valence-corrected chi connectivity index (χ2v) is 13.5. The third-order valence-corrected chi connectivity index (χ3v) is 10.1. The molecule has 5 heteroatoms. The number of benzene rings is 3. The van der Waals surface area contributed by atoms with Crippen LogP contribution in [0, 0.1) is 6.92 Å². The van der Waals surface area contributed by atoms with Gasteiger partial charge in [0.1, 0.15) is 11.2 Å². The van der Waals surface area contributed by atoms with E-state index in [9.17, 15) is 0 Å². The zero-order valence-electron chi connectivity index (χ0n) is 22.0. The van der Waals surface area contributed by atoms with E-state index in [1.807, 2.05) is 73.7 Å². The Kier molecular flexibility index (Phi) is 5.81. The van der Waals surface area contributed by atoms with Crippen molar-refractivity contribution in [3.05, 3.63) is 115 Å². The van der Waals surface area contributed by atoms with Crippen molar-refractivity contribution < 1.29 is 9.30 Å². The first-order valence-corrected chi connectivity index (χ1v) is 14.5. The van der Waals surface area contributed by atoms with Crippen LogP contribution >= 0.6 is 7.14 Å². The Labute approximate surface area is 223 Å². The number of aryl methyl sites for hydroxylation is 1. The van der Waals surface area contributed by atoms with Crippen LogP contribution in [0.4, 0.5) is 0 Å². The summed E-state index contributed by atoms with van der Waals surface area (Å²) < 4.78 is 21.2. The smallest absolute Gasteiger partial charge is 0.219 e. The number of pyridine rings is 2. The number of hydrogen-bond acceptors (Lipinski definition) is 4.